The van der Waals surface area contributed by atoms with E-state index in [-0.39, 0.29) is 11.6 Å². The number of hydrogen-bond donors (Lipinski definition) is 2. The third-order valence-electron chi connectivity index (χ3n) is 4.21. The van der Waals surface area contributed by atoms with Gasteiger partial charge in [0.2, 0.25) is 0 Å². The number of amides is 1. The van der Waals surface area contributed by atoms with Gasteiger partial charge in [0.25, 0.3) is 5.91 Å². The summed E-state index contributed by atoms with van der Waals surface area (Å²) in [5.41, 5.74) is 5.88. The predicted molar refractivity (Wildman–Crippen MR) is 86.6 cm³/mol. The third-order valence-corrected chi connectivity index (χ3v) is 4.87. The molecule has 0 aliphatic heterocycles. The fourth-order valence-electron chi connectivity index (χ4n) is 3.05. The summed E-state index contributed by atoms with van der Waals surface area (Å²) in [4.78, 5) is 12.1. The van der Waals surface area contributed by atoms with Crippen LogP contribution in [0.15, 0.2) is 16.6 Å². The van der Waals surface area contributed by atoms with E-state index in [9.17, 15) is 9.18 Å². The second-order valence-electron chi connectivity index (χ2n) is 6.04. The summed E-state index contributed by atoms with van der Waals surface area (Å²) < 4.78 is 13.7. The Morgan fingerprint density at radius 1 is 1.48 bits per heavy atom. The molecule has 2 unspecified atom stereocenters. The molecule has 2 rings (SSSR count). The topological polar surface area (TPSA) is 55.1 Å². The zero-order chi connectivity index (χ0) is 15.4. The van der Waals surface area contributed by atoms with Gasteiger partial charge in [-0.05, 0) is 52.7 Å². The Labute approximate surface area is 133 Å². The van der Waals surface area contributed by atoms with E-state index in [4.69, 9.17) is 5.73 Å². The molecule has 0 aromatic heterocycles. The lowest BCUT2D eigenvalue weighted by molar-refractivity contribution is 0.0949. The Hall–Kier alpha value is -1.10. The number of nitrogens with one attached hydrogen (secondary N) is 1. The first-order chi connectivity index (χ1) is 9.97. The Kier molecular flexibility index (Phi) is 5.62. The monoisotopic (exact) mass is 356 g/mol. The molecular formula is C16H22BrFN2O. The number of nitrogens with two attached hydrogens (primary N) is 1. The van der Waals surface area contributed by atoms with Crippen LogP contribution in [0.1, 0.15) is 49.4 Å². The highest BCUT2D eigenvalue weighted by Crippen LogP contribution is 2.30. The van der Waals surface area contributed by atoms with Crippen LogP contribution >= 0.6 is 15.9 Å². The molecule has 0 spiro atoms. The van der Waals surface area contributed by atoms with E-state index in [1.54, 1.807) is 0 Å². The number of rotatable bonds is 4. The van der Waals surface area contributed by atoms with Crippen LogP contribution < -0.4 is 11.1 Å². The van der Waals surface area contributed by atoms with Crippen molar-refractivity contribution >= 4 is 27.5 Å². The van der Waals surface area contributed by atoms with Crippen LogP contribution in [0, 0.1) is 17.7 Å². The van der Waals surface area contributed by atoms with Crippen molar-refractivity contribution in [3.63, 3.8) is 0 Å². The van der Waals surface area contributed by atoms with Gasteiger partial charge in [-0.3, -0.25) is 4.79 Å². The quantitative estimate of drug-likeness (QED) is 0.797. The molecule has 0 radical (unpaired) electrons. The summed E-state index contributed by atoms with van der Waals surface area (Å²) >= 11 is 3.20. The van der Waals surface area contributed by atoms with Crippen molar-refractivity contribution in [2.24, 2.45) is 11.8 Å². The van der Waals surface area contributed by atoms with Crippen molar-refractivity contribution in [3.05, 3.63) is 28.0 Å². The molecule has 21 heavy (non-hydrogen) atoms. The molecule has 1 fully saturated rings. The summed E-state index contributed by atoms with van der Waals surface area (Å²) in [5, 5.41) is 2.90. The molecule has 0 heterocycles. The summed E-state index contributed by atoms with van der Waals surface area (Å²) in [6.45, 7) is 2.95. The van der Waals surface area contributed by atoms with Crippen molar-refractivity contribution in [1.29, 1.82) is 0 Å². The summed E-state index contributed by atoms with van der Waals surface area (Å²) in [6, 6.07) is 2.60. The molecule has 0 saturated heterocycles. The molecule has 116 valence electrons. The zero-order valence-corrected chi connectivity index (χ0v) is 13.9. The van der Waals surface area contributed by atoms with Crippen LogP contribution in [0.5, 0.6) is 0 Å². The van der Waals surface area contributed by atoms with Gasteiger partial charge in [-0.25, -0.2) is 4.39 Å². The SMILES string of the molecule is CC1CCCC(CCNC(=O)c2cc(N)c(F)cc2Br)C1. The molecule has 3 nitrogen and oxygen atoms in total. The van der Waals surface area contributed by atoms with Gasteiger partial charge in [0.1, 0.15) is 5.82 Å². The van der Waals surface area contributed by atoms with Gasteiger partial charge in [-0.1, -0.05) is 26.2 Å². The first kappa shape index (κ1) is 16.3. The van der Waals surface area contributed by atoms with E-state index in [1.807, 2.05) is 0 Å². The van der Waals surface area contributed by atoms with E-state index in [1.165, 1.54) is 37.8 Å². The lowest BCUT2D eigenvalue weighted by Gasteiger charge is -2.26. The molecule has 1 aromatic carbocycles. The molecule has 1 aliphatic rings. The highest BCUT2D eigenvalue weighted by Gasteiger charge is 2.19. The molecule has 0 bridgehead atoms. The first-order valence-electron chi connectivity index (χ1n) is 7.50. The van der Waals surface area contributed by atoms with E-state index in [0.29, 0.717) is 22.5 Å². The molecule has 1 saturated carbocycles. The summed E-state index contributed by atoms with van der Waals surface area (Å²) in [7, 11) is 0. The van der Waals surface area contributed by atoms with Gasteiger partial charge >= 0.3 is 0 Å². The largest absolute Gasteiger partial charge is 0.396 e. The van der Waals surface area contributed by atoms with E-state index in [2.05, 4.69) is 28.2 Å². The maximum absolute atomic E-state index is 13.3. The lowest BCUT2D eigenvalue weighted by atomic mass is 9.81. The highest BCUT2D eigenvalue weighted by atomic mass is 79.9. The number of benzene rings is 1. The van der Waals surface area contributed by atoms with Crippen LogP contribution in [0.25, 0.3) is 0 Å². The van der Waals surface area contributed by atoms with Crippen LogP contribution in [-0.2, 0) is 0 Å². The Morgan fingerprint density at radius 3 is 2.95 bits per heavy atom. The minimum absolute atomic E-state index is 0.00976. The molecular weight excluding hydrogens is 335 g/mol. The van der Waals surface area contributed by atoms with Crippen molar-refractivity contribution < 1.29 is 9.18 Å². The number of hydrogen-bond acceptors (Lipinski definition) is 2. The normalized spacial score (nSPS) is 22.0. The van der Waals surface area contributed by atoms with Gasteiger partial charge in [0, 0.05) is 11.0 Å². The van der Waals surface area contributed by atoms with Gasteiger partial charge < -0.3 is 11.1 Å². The number of nitrogen functional groups attached to an aromatic ring is 1. The predicted octanol–water partition coefficient (Wildman–Crippen LogP) is 4.12. The van der Waals surface area contributed by atoms with Crippen molar-refractivity contribution in [2.75, 3.05) is 12.3 Å². The third kappa shape index (κ3) is 4.43. The second kappa shape index (κ2) is 7.25. The molecule has 3 N–H and O–H groups in total. The minimum Gasteiger partial charge on any atom is -0.396 e. The lowest BCUT2D eigenvalue weighted by Crippen LogP contribution is -2.27. The molecule has 1 aliphatic carbocycles. The molecule has 5 heteroatoms. The maximum atomic E-state index is 13.3. The van der Waals surface area contributed by atoms with Gasteiger partial charge in [-0.15, -0.1) is 0 Å². The van der Waals surface area contributed by atoms with Crippen molar-refractivity contribution in [1.82, 2.24) is 5.32 Å². The summed E-state index contributed by atoms with van der Waals surface area (Å²) in [6.07, 6.45) is 6.13. The number of halogens is 2. The number of anilines is 1. The maximum Gasteiger partial charge on any atom is 0.252 e. The minimum atomic E-state index is -0.519. The van der Waals surface area contributed by atoms with Gasteiger partial charge in [0.15, 0.2) is 0 Å². The summed E-state index contributed by atoms with van der Waals surface area (Å²) in [5.74, 6) is 0.772. The van der Waals surface area contributed by atoms with E-state index >= 15 is 0 Å². The standard InChI is InChI=1S/C16H22BrFN2O/c1-10-3-2-4-11(7-10)5-6-20-16(21)12-8-15(19)14(18)9-13(12)17/h8-11H,2-7,19H2,1H3,(H,20,21). The molecule has 2 atom stereocenters. The number of carbonyl (C=O) groups excluding carboxylic acids is 1. The van der Waals surface area contributed by atoms with Gasteiger partial charge in [-0.2, -0.15) is 0 Å². The smallest absolute Gasteiger partial charge is 0.252 e. The molecule has 1 aromatic rings. The zero-order valence-electron chi connectivity index (χ0n) is 12.3. The van der Waals surface area contributed by atoms with Gasteiger partial charge in [0.05, 0.1) is 11.3 Å². The van der Waals surface area contributed by atoms with Crippen LogP contribution in [-0.4, -0.2) is 12.5 Å². The molecule has 1 amide bonds. The Bertz CT molecular complexity index is 521. The highest BCUT2D eigenvalue weighted by molar-refractivity contribution is 9.10. The van der Waals surface area contributed by atoms with Crippen molar-refractivity contribution in [2.45, 2.75) is 39.0 Å². The van der Waals surface area contributed by atoms with Crippen LogP contribution in [0.2, 0.25) is 0 Å². The fraction of sp³-hybridized carbons (Fsp3) is 0.562. The Morgan fingerprint density at radius 2 is 2.24 bits per heavy atom. The van der Waals surface area contributed by atoms with E-state index in [0.717, 1.165) is 12.3 Å². The number of carbonyl (C=O) groups is 1. The Balaban J connectivity index is 1.86. The fourth-order valence-corrected chi connectivity index (χ4v) is 3.54. The average Bonchev–Trinajstić information content (AvgIpc) is 2.43. The van der Waals surface area contributed by atoms with Crippen molar-refractivity contribution in [3.8, 4) is 0 Å². The first-order valence-corrected chi connectivity index (χ1v) is 8.29. The van der Waals surface area contributed by atoms with Crippen LogP contribution in [0.3, 0.4) is 0 Å². The van der Waals surface area contributed by atoms with Crippen LogP contribution in [0.4, 0.5) is 10.1 Å². The second-order valence-corrected chi connectivity index (χ2v) is 6.89. The van der Waals surface area contributed by atoms with E-state index < -0.39 is 5.82 Å². The average molecular weight is 357 g/mol.